The summed E-state index contributed by atoms with van der Waals surface area (Å²) in [5, 5.41) is 2.13. The van der Waals surface area contributed by atoms with E-state index in [2.05, 4.69) is 29.3 Å². The van der Waals surface area contributed by atoms with Crippen molar-refractivity contribution in [1.82, 2.24) is 4.90 Å². The Kier molecular flexibility index (Phi) is 5.83. The number of likely N-dealkylation sites (N-methyl/N-ethyl adjacent to an activating group) is 1. The van der Waals surface area contributed by atoms with Gasteiger partial charge in [-0.2, -0.15) is 0 Å². The lowest BCUT2D eigenvalue weighted by Gasteiger charge is -2.19. The smallest absolute Gasteiger partial charge is 0.0593 e. The molecule has 0 N–H and O–H groups in total. The molecule has 0 aliphatic rings. The van der Waals surface area contributed by atoms with Gasteiger partial charge in [0.05, 0.1) is 6.61 Å². The number of hydrogen-bond acceptors (Lipinski definition) is 3. The molecular weight excluding hydrogens is 194 g/mol. The van der Waals surface area contributed by atoms with Crippen molar-refractivity contribution in [2.45, 2.75) is 20.4 Å². The molecule has 1 rings (SSSR count). The van der Waals surface area contributed by atoms with Crippen LogP contribution in [-0.2, 0) is 11.3 Å². The molecule has 0 spiro atoms. The van der Waals surface area contributed by atoms with E-state index in [1.165, 1.54) is 4.88 Å². The maximum atomic E-state index is 5.35. The van der Waals surface area contributed by atoms with Gasteiger partial charge >= 0.3 is 0 Å². The first-order valence-electron chi connectivity index (χ1n) is 5.19. The van der Waals surface area contributed by atoms with Crippen LogP contribution in [0.5, 0.6) is 0 Å². The SMILES string of the molecule is CCOCCN(CC)Cc1cccs1. The second-order valence-electron chi connectivity index (χ2n) is 3.15. The third-order valence-corrected chi connectivity index (χ3v) is 3.02. The highest BCUT2D eigenvalue weighted by atomic mass is 32.1. The fourth-order valence-corrected chi connectivity index (χ4v) is 2.06. The lowest BCUT2D eigenvalue weighted by Crippen LogP contribution is -2.26. The molecule has 0 aromatic carbocycles. The van der Waals surface area contributed by atoms with Gasteiger partial charge in [0.25, 0.3) is 0 Å². The monoisotopic (exact) mass is 213 g/mol. The van der Waals surface area contributed by atoms with Crippen molar-refractivity contribution in [2.24, 2.45) is 0 Å². The Morgan fingerprint density at radius 2 is 2.29 bits per heavy atom. The molecule has 3 heteroatoms. The molecule has 1 heterocycles. The molecule has 0 fully saturated rings. The third kappa shape index (κ3) is 4.22. The molecule has 0 bridgehead atoms. The Morgan fingerprint density at radius 1 is 1.43 bits per heavy atom. The average Bonchev–Trinajstić information content (AvgIpc) is 2.69. The van der Waals surface area contributed by atoms with Crippen LogP contribution in [0.4, 0.5) is 0 Å². The normalized spacial score (nSPS) is 11.1. The highest BCUT2D eigenvalue weighted by Gasteiger charge is 2.03. The number of rotatable bonds is 7. The first kappa shape index (κ1) is 11.7. The van der Waals surface area contributed by atoms with Crippen LogP contribution in [0.15, 0.2) is 17.5 Å². The lowest BCUT2D eigenvalue weighted by molar-refractivity contribution is 0.113. The molecule has 0 saturated heterocycles. The molecule has 1 aromatic heterocycles. The Hall–Kier alpha value is -0.380. The minimum Gasteiger partial charge on any atom is -0.380 e. The molecule has 0 amide bonds. The Morgan fingerprint density at radius 3 is 2.86 bits per heavy atom. The van der Waals surface area contributed by atoms with E-state index in [0.29, 0.717) is 0 Å². The summed E-state index contributed by atoms with van der Waals surface area (Å²) in [7, 11) is 0. The van der Waals surface area contributed by atoms with Gasteiger partial charge in [-0.25, -0.2) is 0 Å². The van der Waals surface area contributed by atoms with Crippen LogP contribution in [0.2, 0.25) is 0 Å². The van der Waals surface area contributed by atoms with Gasteiger partial charge in [0.2, 0.25) is 0 Å². The van der Waals surface area contributed by atoms with Crippen LogP contribution in [0.1, 0.15) is 18.7 Å². The van der Waals surface area contributed by atoms with E-state index in [1.54, 1.807) is 0 Å². The van der Waals surface area contributed by atoms with Gasteiger partial charge in [0.15, 0.2) is 0 Å². The maximum Gasteiger partial charge on any atom is 0.0593 e. The van der Waals surface area contributed by atoms with Crippen LogP contribution in [-0.4, -0.2) is 31.2 Å². The summed E-state index contributed by atoms with van der Waals surface area (Å²) < 4.78 is 5.35. The summed E-state index contributed by atoms with van der Waals surface area (Å²) in [6, 6.07) is 4.30. The summed E-state index contributed by atoms with van der Waals surface area (Å²) in [6.45, 7) is 9.07. The van der Waals surface area contributed by atoms with E-state index >= 15 is 0 Å². The molecule has 2 nitrogen and oxygen atoms in total. The van der Waals surface area contributed by atoms with Gasteiger partial charge in [0, 0.05) is 24.6 Å². The zero-order chi connectivity index (χ0) is 10.2. The lowest BCUT2D eigenvalue weighted by atomic mass is 10.4. The number of thiophene rings is 1. The number of ether oxygens (including phenoxy) is 1. The van der Waals surface area contributed by atoms with Gasteiger partial charge < -0.3 is 4.74 Å². The van der Waals surface area contributed by atoms with E-state index in [4.69, 9.17) is 4.74 Å². The van der Waals surface area contributed by atoms with Crippen LogP contribution >= 0.6 is 11.3 Å². The quantitative estimate of drug-likeness (QED) is 0.646. The summed E-state index contributed by atoms with van der Waals surface area (Å²) >= 11 is 1.82. The molecular formula is C11H19NOS. The van der Waals surface area contributed by atoms with Crippen molar-refractivity contribution in [3.63, 3.8) is 0 Å². The second kappa shape index (κ2) is 6.98. The highest BCUT2D eigenvalue weighted by Crippen LogP contribution is 2.11. The van der Waals surface area contributed by atoms with E-state index in [-0.39, 0.29) is 0 Å². The minimum absolute atomic E-state index is 0.816. The summed E-state index contributed by atoms with van der Waals surface area (Å²) in [5.74, 6) is 0. The first-order chi connectivity index (χ1) is 6.86. The van der Waals surface area contributed by atoms with Gasteiger partial charge in [-0.15, -0.1) is 11.3 Å². The predicted molar refractivity (Wildman–Crippen MR) is 61.8 cm³/mol. The topological polar surface area (TPSA) is 12.5 Å². The number of hydrogen-bond donors (Lipinski definition) is 0. The van der Waals surface area contributed by atoms with Crippen molar-refractivity contribution in [3.8, 4) is 0 Å². The van der Waals surface area contributed by atoms with E-state index < -0.39 is 0 Å². The van der Waals surface area contributed by atoms with Crippen molar-refractivity contribution in [2.75, 3.05) is 26.3 Å². The fraction of sp³-hybridized carbons (Fsp3) is 0.636. The van der Waals surface area contributed by atoms with Crippen molar-refractivity contribution in [3.05, 3.63) is 22.4 Å². The molecule has 1 aromatic rings. The molecule has 80 valence electrons. The third-order valence-electron chi connectivity index (χ3n) is 2.16. The molecule has 0 aliphatic carbocycles. The van der Waals surface area contributed by atoms with Gasteiger partial charge in [-0.1, -0.05) is 13.0 Å². The van der Waals surface area contributed by atoms with Gasteiger partial charge in [0.1, 0.15) is 0 Å². The predicted octanol–water partition coefficient (Wildman–Crippen LogP) is 2.61. The van der Waals surface area contributed by atoms with E-state index in [1.807, 2.05) is 18.3 Å². The highest BCUT2D eigenvalue weighted by molar-refractivity contribution is 7.09. The first-order valence-corrected chi connectivity index (χ1v) is 6.07. The van der Waals surface area contributed by atoms with Crippen LogP contribution < -0.4 is 0 Å². The average molecular weight is 213 g/mol. The largest absolute Gasteiger partial charge is 0.380 e. The zero-order valence-electron chi connectivity index (χ0n) is 9.03. The Balaban J connectivity index is 2.24. The summed E-state index contributed by atoms with van der Waals surface area (Å²) in [5.41, 5.74) is 0. The summed E-state index contributed by atoms with van der Waals surface area (Å²) in [4.78, 5) is 3.84. The maximum absolute atomic E-state index is 5.35. The van der Waals surface area contributed by atoms with E-state index in [0.717, 1.165) is 32.8 Å². The standard InChI is InChI=1S/C11H19NOS/c1-3-12(7-8-13-4-2)10-11-6-5-9-14-11/h5-6,9H,3-4,7-8,10H2,1-2H3. The Bertz CT molecular complexity index is 223. The minimum atomic E-state index is 0.816. The van der Waals surface area contributed by atoms with Crippen molar-refractivity contribution < 1.29 is 4.74 Å². The van der Waals surface area contributed by atoms with Crippen LogP contribution in [0.25, 0.3) is 0 Å². The van der Waals surface area contributed by atoms with Gasteiger partial charge in [-0.3, -0.25) is 4.90 Å². The molecule has 0 atom stereocenters. The van der Waals surface area contributed by atoms with Crippen LogP contribution in [0, 0.1) is 0 Å². The van der Waals surface area contributed by atoms with E-state index in [9.17, 15) is 0 Å². The molecule has 0 saturated carbocycles. The molecule has 0 aliphatic heterocycles. The van der Waals surface area contributed by atoms with Crippen LogP contribution in [0.3, 0.4) is 0 Å². The zero-order valence-corrected chi connectivity index (χ0v) is 9.85. The van der Waals surface area contributed by atoms with Crippen molar-refractivity contribution >= 4 is 11.3 Å². The molecule has 14 heavy (non-hydrogen) atoms. The molecule has 0 unspecified atom stereocenters. The Labute approximate surface area is 90.5 Å². The fourth-order valence-electron chi connectivity index (χ4n) is 1.31. The van der Waals surface area contributed by atoms with Crippen molar-refractivity contribution in [1.29, 1.82) is 0 Å². The summed E-state index contributed by atoms with van der Waals surface area (Å²) in [6.07, 6.45) is 0. The number of nitrogens with zero attached hydrogens (tertiary/aromatic N) is 1. The second-order valence-corrected chi connectivity index (χ2v) is 4.18. The molecule has 0 radical (unpaired) electrons. The van der Waals surface area contributed by atoms with Gasteiger partial charge in [-0.05, 0) is 24.9 Å².